The predicted molar refractivity (Wildman–Crippen MR) is 134 cm³/mol. The van der Waals surface area contributed by atoms with Crippen molar-refractivity contribution < 1.29 is 28.2 Å². The molecule has 10 heteroatoms. The number of ether oxygens (including phenoxy) is 2. The Morgan fingerprint density at radius 2 is 1.67 bits per heavy atom. The number of benzene rings is 3. The molecule has 0 unspecified atom stereocenters. The quantitative estimate of drug-likeness (QED) is 0.310. The SMILES string of the molecule is CCOc1cc(/C=C2/C(=O)NC(=O)N(c3ccc(Cl)cc3)C2=O)cc(Cl)c1OCc1ccc(F)cc1. The minimum absolute atomic E-state index is 0.111. The summed E-state index contributed by atoms with van der Waals surface area (Å²) >= 11 is 12.4. The van der Waals surface area contributed by atoms with Crippen molar-refractivity contribution in [2.24, 2.45) is 0 Å². The number of hydrogen-bond donors (Lipinski definition) is 1. The highest BCUT2D eigenvalue weighted by Gasteiger charge is 2.36. The van der Waals surface area contributed by atoms with Gasteiger partial charge in [0.05, 0.1) is 17.3 Å². The number of carbonyl (C=O) groups is 3. The van der Waals surface area contributed by atoms with Gasteiger partial charge in [0, 0.05) is 5.02 Å². The first-order chi connectivity index (χ1) is 17.3. The highest BCUT2D eigenvalue weighted by Crippen LogP contribution is 2.38. The Kier molecular flexibility index (Phi) is 7.57. The smallest absolute Gasteiger partial charge is 0.335 e. The van der Waals surface area contributed by atoms with Crippen molar-refractivity contribution in [3.8, 4) is 11.5 Å². The van der Waals surface area contributed by atoms with Gasteiger partial charge in [0.2, 0.25) is 0 Å². The summed E-state index contributed by atoms with van der Waals surface area (Å²) in [4.78, 5) is 38.8. The average molecular weight is 529 g/mol. The molecule has 0 aliphatic carbocycles. The molecule has 1 fully saturated rings. The van der Waals surface area contributed by atoms with E-state index >= 15 is 0 Å². The zero-order chi connectivity index (χ0) is 25.8. The molecule has 1 saturated heterocycles. The zero-order valence-corrected chi connectivity index (χ0v) is 20.4. The third-order valence-corrected chi connectivity index (χ3v) is 5.66. The molecule has 0 spiro atoms. The molecular weight excluding hydrogens is 510 g/mol. The molecule has 0 aromatic heterocycles. The Morgan fingerprint density at radius 1 is 0.972 bits per heavy atom. The van der Waals surface area contributed by atoms with Crippen LogP contribution in [0.25, 0.3) is 6.08 Å². The Morgan fingerprint density at radius 3 is 2.33 bits per heavy atom. The first kappa shape index (κ1) is 25.2. The summed E-state index contributed by atoms with van der Waals surface area (Å²) in [5.74, 6) is -1.48. The van der Waals surface area contributed by atoms with E-state index in [1.807, 2.05) is 0 Å². The van der Waals surface area contributed by atoms with E-state index in [0.29, 0.717) is 17.2 Å². The van der Waals surface area contributed by atoms with Crippen molar-refractivity contribution >= 4 is 52.8 Å². The van der Waals surface area contributed by atoms with Crippen LogP contribution in [0.3, 0.4) is 0 Å². The molecule has 1 N–H and O–H groups in total. The molecule has 0 bridgehead atoms. The van der Waals surface area contributed by atoms with Crippen LogP contribution in [0, 0.1) is 5.82 Å². The molecule has 1 aliphatic rings. The van der Waals surface area contributed by atoms with Gasteiger partial charge in [0.25, 0.3) is 11.8 Å². The van der Waals surface area contributed by atoms with Crippen molar-refractivity contribution in [3.63, 3.8) is 0 Å². The average Bonchev–Trinajstić information content (AvgIpc) is 2.83. The predicted octanol–water partition coefficient (Wildman–Crippen LogP) is 5.78. The molecule has 7 nitrogen and oxygen atoms in total. The molecule has 1 aliphatic heterocycles. The molecule has 1 heterocycles. The summed E-state index contributed by atoms with van der Waals surface area (Å²) in [5.41, 5.74) is 1.07. The van der Waals surface area contributed by atoms with Crippen LogP contribution in [0.1, 0.15) is 18.1 Å². The normalized spacial score (nSPS) is 14.7. The van der Waals surface area contributed by atoms with Gasteiger partial charge >= 0.3 is 6.03 Å². The fourth-order valence-corrected chi connectivity index (χ4v) is 3.86. The van der Waals surface area contributed by atoms with Gasteiger partial charge in [-0.05, 0) is 72.7 Å². The zero-order valence-electron chi connectivity index (χ0n) is 18.9. The van der Waals surface area contributed by atoms with Gasteiger partial charge in [-0.15, -0.1) is 0 Å². The van der Waals surface area contributed by atoms with Gasteiger partial charge in [-0.3, -0.25) is 14.9 Å². The number of urea groups is 1. The molecule has 4 rings (SSSR count). The number of amides is 4. The summed E-state index contributed by atoms with van der Waals surface area (Å²) in [6.45, 7) is 2.18. The van der Waals surface area contributed by atoms with Crippen LogP contribution in [0.4, 0.5) is 14.9 Å². The molecule has 3 aromatic rings. The monoisotopic (exact) mass is 528 g/mol. The second kappa shape index (κ2) is 10.8. The van der Waals surface area contributed by atoms with Crippen LogP contribution in [-0.2, 0) is 16.2 Å². The number of nitrogens with zero attached hydrogens (tertiary/aromatic N) is 1. The van der Waals surface area contributed by atoms with Gasteiger partial charge in [-0.2, -0.15) is 0 Å². The lowest BCUT2D eigenvalue weighted by Gasteiger charge is -2.26. The maximum Gasteiger partial charge on any atom is 0.335 e. The van der Waals surface area contributed by atoms with Crippen LogP contribution in [-0.4, -0.2) is 24.5 Å². The van der Waals surface area contributed by atoms with Crippen LogP contribution in [0.2, 0.25) is 10.0 Å². The topological polar surface area (TPSA) is 84.9 Å². The lowest BCUT2D eigenvalue weighted by Crippen LogP contribution is -2.54. The van der Waals surface area contributed by atoms with E-state index in [1.165, 1.54) is 48.5 Å². The number of hydrogen-bond acceptors (Lipinski definition) is 5. The minimum Gasteiger partial charge on any atom is -0.490 e. The maximum absolute atomic E-state index is 13.2. The van der Waals surface area contributed by atoms with Crippen molar-refractivity contribution in [2.45, 2.75) is 13.5 Å². The number of barbiturate groups is 1. The Hall–Kier alpha value is -3.88. The fourth-order valence-electron chi connectivity index (χ4n) is 3.46. The van der Waals surface area contributed by atoms with E-state index < -0.39 is 17.8 Å². The summed E-state index contributed by atoms with van der Waals surface area (Å²) in [7, 11) is 0. The fraction of sp³-hybridized carbons (Fsp3) is 0.115. The third-order valence-electron chi connectivity index (χ3n) is 5.13. The van der Waals surface area contributed by atoms with Crippen LogP contribution in [0.15, 0.2) is 66.2 Å². The molecule has 3 aromatic carbocycles. The van der Waals surface area contributed by atoms with Crippen LogP contribution in [0.5, 0.6) is 11.5 Å². The van der Waals surface area contributed by atoms with Crippen LogP contribution < -0.4 is 19.7 Å². The van der Waals surface area contributed by atoms with Crippen molar-refractivity contribution in [2.75, 3.05) is 11.5 Å². The summed E-state index contributed by atoms with van der Waals surface area (Å²) in [6.07, 6.45) is 1.31. The number of anilines is 1. The van der Waals surface area contributed by atoms with E-state index in [-0.39, 0.29) is 40.2 Å². The van der Waals surface area contributed by atoms with Crippen molar-refractivity contribution in [3.05, 3.63) is 93.2 Å². The standard InChI is InChI=1S/C26H19Cl2FN2O5/c1-2-35-22-13-16(12-21(28)23(22)36-14-15-3-7-18(29)8-4-15)11-20-24(32)30-26(34)31(25(20)33)19-9-5-17(27)6-10-19/h3-13H,2,14H2,1H3,(H,30,32,34)/b20-11-. The van der Waals surface area contributed by atoms with Gasteiger partial charge in [0.15, 0.2) is 11.5 Å². The van der Waals surface area contributed by atoms with Gasteiger partial charge in [-0.25, -0.2) is 14.1 Å². The first-order valence-electron chi connectivity index (χ1n) is 10.8. The van der Waals surface area contributed by atoms with Crippen molar-refractivity contribution in [1.29, 1.82) is 0 Å². The molecule has 0 saturated carbocycles. The van der Waals surface area contributed by atoms with Gasteiger partial charge < -0.3 is 9.47 Å². The van der Waals surface area contributed by atoms with E-state index in [0.717, 1.165) is 10.5 Å². The highest BCUT2D eigenvalue weighted by atomic mass is 35.5. The third kappa shape index (κ3) is 5.50. The molecule has 4 amide bonds. The molecular formula is C26H19Cl2FN2O5. The number of imide groups is 2. The molecule has 0 radical (unpaired) electrons. The number of carbonyl (C=O) groups excluding carboxylic acids is 3. The summed E-state index contributed by atoms with van der Waals surface area (Å²) < 4.78 is 24.7. The number of rotatable bonds is 7. The Bertz CT molecular complexity index is 1360. The highest BCUT2D eigenvalue weighted by molar-refractivity contribution is 6.39. The summed E-state index contributed by atoms with van der Waals surface area (Å²) in [5, 5.41) is 2.76. The maximum atomic E-state index is 13.2. The Balaban J connectivity index is 1.65. The largest absolute Gasteiger partial charge is 0.490 e. The van der Waals surface area contributed by atoms with E-state index in [2.05, 4.69) is 5.32 Å². The minimum atomic E-state index is -0.873. The van der Waals surface area contributed by atoms with Gasteiger partial charge in [0.1, 0.15) is 18.0 Å². The van der Waals surface area contributed by atoms with E-state index in [4.69, 9.17) is 32.7 Å². The lowest BCUT2D eigenvalue weighted by molar-refractivity contribution is -0.122. The summed E-state index contributed by atoms with van der Waals surface area (Å²) in [6, 6.07) is 14.0. The van der Waals surface area contributed by atoms with Crippen molar-refractivity contribution in [1.82, 2.24) is 5.32 Å². The first-order valence-corrected chi connectivity index (χ1v) is 11.5. The van der Waals surface area contributed by atoms with E-state index in [1.54, 1.807) is 25.1 Å². The van der Waals surface area contributed by atoms with Crippen LogP contribution >= 0.6 is 23.2 Å². The second-order valence-electron chi connectivity index (χ2n) is 7.61. The lowest BCUT2D eigenvalue weighted by atomic mass is 10.1. The van der Waals surface area contributed by atoms with Gasteiger partial charge in [-0.1, -0.05) is 35.3 Å². The van der Waals surface area contributed by atoms with E-state index in [9.17, 15) is 18.8 Å². The number of nitrogens with one attached hydrogen (secondary N) is 1. The second-order valence-corrected chi connectivity index (χ2v) is 8.46. The molecule has 36 heavy (non-hydrogen) atoms. The molecule has 0 atom stereocenters. The molecule has 184 valence electrons. The Labute approximate surface area is 216 Å². The number of halogens is 3.